The van der Waals surface area contributed by atoms with E-state index in [0.717, 1.165) is 5.56 Å². The first-order chi connectivity index (χ1) is 12.1. The number of ether oxygens (including phenoxy) is 1. The van der Waals surface area contributed by atoms with Crippen molar-refractivity contribution in [1.82, 2.24) is 9.80 Å². The average Bonchev–Trinajstić information content (AvgIpc) is 2.67. The molecule has 2 aromatic carbocycles. The van der Waals surface area contributed by atoms with Crippen LogP contribution in [-0.4, -0.2) is 48.0 Å². The van der Waals surface area contributed by atoms with Crippen LogP contribution in [0.2, 0.25) is 5.02 Å². The fraction of sp³-hybridized carbons (Fsp3) is 0.263. The van der Waals surface area contributed by atoms with Crippen LogP contribution in [0.25, 0.3) is 0 Å². The minimum Gasteiger partial charge on any atom is -0.445 e. The van der Waals surface area contributed by atoms with Crippen LogP contribution in [0.5, 0.6) is 0 Å². The van der Waals surface area contributed by atoms with Crippen molar-refractivity contribution in [2.75, 3.05) is 26.2 Å². The largest absolute Gasteiger partial charge is 0.445 e. The number of carbonyl (C=O) groups excluding carboxylic acids is 2. The first-order valence-electron chi connectivity index (χ1n) is 8.14. The highest BCUT2D eigenvalue weighted by Gasteiger charge is 2.25. The molecule has 2 amide bonds. The van der Waals surface area contributed by atoms with Gasteiger partial charge < -0.3 is 14.5 Å². The van der Waals surface area contributed by atoms with Gasteiger partial charge in [-0.25, -0.2) is 4.79 Å². The predicted molar refractivity (Wildman–Crippen MR) is 95.6 cm³/mol. The van der Waals surface area contributed by atoms with Crippen molar-refractivity contribution in [3.05, 3.63) is 70.7 Å². The summed E-state index contributed by atoms with van der Waals surface area (Å²) in [5, 5.41) is 0.600. The molecule has 0 spiro atoms. The predicted octanol–water partition coefficient (Wildman–Crippen LogP) is 3.43. The molecule has 25 heavy (non-hydrogen) atoms. The molecule has 2 aromatic rings. The summed E-state index contributed by atoms with van der Waals surface area (Å²) < 4.78 is 5.33. The lowest BCUT2D eigenvalue weighted by molar-refractivity contribution is 0.0544. The Balaban J connectivity index is 1.48. The quantitative estimate of drug-likeness (QED) is 0.844. The highest BCUT2D eigenvalue weighted by Crippen LogP contribution is 2.14. The molecular formula is C19H19ClN2O3. The number of piperazine rings is 1. The lowest BCUT2D eigenvalue weighted by atomic mass is 10.2. The SMILES string of the molecule is O=C(OCc1ccccc1)N1CCN(C(=O)c2ccc(Cl)cc2)CC1. The van der Waals surface area contributed by atoms with Gasteiger partial charge in [-0.15, -0.1) is 0 Å². The zero-order valence-corrected chi connectivity index (χ0v) is 14.5. The molecule has 130 valence electrons. The Morgan fingerprint density at radius 3 is 2.12 bits per heavy atom. The van der Waals surface area contributed by atoms with Gasteiger partial charge in [0, 0.05) is 36.8 Å². The zero-order chi connectivity index (χ0) is 17.6. The van der Waals surface area contributed by atoms with Crippen molar-refractivity contribution < 1.29 is 14.3 Å². The number of amides is 2. The zero-order valence-electron chi connectivity index (χ0n) is 13.7. The van der Waals surface area contributed by atoms with Crippen LogP contribution >= 0.6 is 11.6 Å². The van der Waals surface area contributed by atoms with E-state index in [1.807, 2.05) is 30.3 Å². The Bertz CT molecular complexity index is 726. The van der Waals surface area contributed by atoms with E-state index in [-0.39, 0.29) is 18.6 Å². The fourth-order valence-corrected chi connectivity index (χ4v) is 2.80. The molecule has 0 aliphatic carbocycles. The third-order valence-corrected chi connectivity index (χ3v) is 4.37. The Kier molecular flexibility index (Phi) is 5.56. The third-order valence-electron chi connectivity index (χ3n) is 4.12. The van der Waals surface area contributed by atoms with Crippen LogP contribution in [0.1, 0.15) is 15.9 Å². The normalized spacial score (nSPS) is 14.3. The van der Waals surface area contributed by atoms with Crippen molar-refractivity contribution in [1.29, 1.82) is 0 Å². The standard InChI is InChI=1S/C19H19ClN2O3/c20-17-8-6-16(7-9-17)18(23)21-10-12-22(13-11-21)19(24)25-14-15-4-2-1-3-5-15/h1-9H,10-14H2. The van der Waals surface area contributed by atoms with Gasteiger partial charge in [-0.1, -0.05) is 41.9 Å². The van der Waals surface area contributed by atoms with E-state index in [2.05, 4.69) is 0 Å². The van der Waals surface area contributed by atoms with Crippen molar-refractivity contribution in [2.24, 2.45) is 0 Å². The highest BCUT2D eigenvalue weighted by atomic mass is 35.5. The Labute approximate surface area is 151 Å². The molecule has 0 bridgehead atoms. The number of hydrogen-bond acceptors (Lipinski definition) is 3. The summed E-state index contributed by atoms with van der Waals surface area (Å²) >= 11 is 5.85. The van der Waals surface area contributed by atoms with Gasteiger partial charge in [-0.2, -0.15) is 0 Å². The molecule has 0 N–H and O–H groups in total. The topological polar surface area (TPSA) is 49.9 Å². The lowest BCUT2D eigenvalue weighted by Gasteiger charge is -2.34. The smallest absolute Gasteiger partial charge is 0.410 e. The van der Waals surface area contributed by atoms with Gasteiger partial charge in [0.1, 0.15) is 6.61 Å². The van der Waals surface area contributed by atoms with Crippen LogP contribution in [-0.2, 0) is 11.3 Å². The van der Waals surface area contributed by atoms with Gasteiger partial charge in [-0.05, 0) is 29.8 Å². The van der Waals surface area contributed by atoms with E-state index in [9.17, 15) is 9.59 Å². The fourth-order valence-electron chi connectivity index (χ4n) is 2.68. The highest BCUT2D eigenvalue weighted by molar-refractivity contribution is 6.30. The monoisotopic (exact) mass is 358 g/mol. The molecule has 1 heterocycles. The van der Waals surface area contributed by atoms with Gasteiger partial charge in [0.15, 0.2) is 0 Å². The molecular weight excluding hydrogens is 340 g/mol. The van der Waals surface area contributed by atoms with E-state index in [1.54, 1.807) is 34.1 Å². The number of halogens is 1. The molecule has 1 saturated heterocycles. The van der Waals surface area contributed by atoms with Gasteiger partial charge in [-0.3, -0.25) is 4.79 Å². The first kappa shape index (κ1) is 17.3. The average molecular weight is 359 g/mol. The van der Waals surface area contributed by atoms with Gasteiger partial charge >= 0.3 is 6.09 Å². The Morgan fingerprint density at radius 1 is 0.880 bits per heavy atom. The first-order valence-corrected chi connectivity index (χ1v) is 8.52. The Hall–Kier alpha value is -2.53. The number of hydrogen-bond donors (Lipinski definition) is 0. The van der Waals surface area contributed by atoms with Crippen LogP contribution < -0.4 is 0 Å². The summed E-state index contributed by atoms with van der Waals surface area (Å²) in [4.78, 5) is 28.0. The number of benzene rings is 2. The van der Waals surface area contributed by atoms with Crippen molar-refractivity contribution in [2.45, 2.75) is 6.61 Å². The van der Waals surface area contributed by atoms with E-state index >= 15 is 0 Å². The summed E-state index contributed by atoms with van der Waals surface area (Å²) in [6, 6.07) is 16.4. The van der Waals surface area contributed by atoms with Crippen LogP contribution in [0.4, 0.5) is 4.79 Å². The minimum atomic E-state index is -0.345. The van der Waals surface area contributed by atoms with Crippen molar-refractivity contribution in [3.63, 3.8) is 0 Å². The summed E-state index contributed by atoms with van der Waals surface area (Å²) in [6.07, 6.45) is -0.345. The van der Waals surface area contributed by atoms with E-state index in [4.69, 9.17) is 16.3 Å². The molecule has 3 rings (SSSR count). The maximum Gasteiger partial charge on any atom is 0.410 e. The second kappa shape index (κ2) is 8.03. The molecule has 6 heteroatoms. The van der Waals surface area contributed by atoms with Crippen LogP contribution in [0.15, 0.2) is 54.6 Å². The minimum absolute atomic E-state index is 0.0473. The van der Waals surface area contributed by atoms with Gasteiger partial charge in [0.2, 0.25) is 0 Å². The van der Waals surface area contributed by atoms with Crippen molar-refractivity contribution >= 4 is 23.6 Å². The maximum absolute atomic E-state index is 12.4. The van der Waals surface area contributed by atoms with Gasteiger partial charge in [0.05, 0.1) is 0 Å². The molecule has 1 fully saturated rings. The summed E-state index contributed by atoms with van der Waals surface area (Å²) in [6.45, 7) is 2.16. The molecule has 1 aliphatic heterocycles. The van der Waals surface area contributed by atoms with E-state index in [1.165, 1.54) is 0 Å². The molecule has 0 aromatic heterocycles. The molecule has 0 unspecified atom stereocenters. The summed E-state index contributed by atoms with van der Waals surface area (Å²) in [5.74, 6) is -0.0473. The Morgan fingerprint density at radius 2 is 1.48 bits per heavy atom. The van der Waals surface area contributed by atoms with Crippen molar-refractivity contribution in [3.8, 4) is 0 Å². The van der Waals surface area contributed by atoms with Gasteiger partial charge in [0.25, 0.3) is 5.91 Å². The lowest BCUT2D eigenvalue weighted by Crippen LogP contribution is -2.50. The number of rotatable bonds is 3. The maximum atomic E-state index is 12.4. The summed E-state index contributed by atoms with van der Waals surface area (Å²) in [7, 11) is 0. The number of carbonyl (C=O) groups is 2. The molecule has 0 saturated carbocycles. The molecule has 0 atom stereocenters. The van der Waals surface area contributed by atoms with Crippen LogP contribution in [0, 0.1) is 0 Å². The van der Waals surface area contributed by atoms with E-state index in [0.29, 0.717) is 36.8 Å². The molecule has 5 nitrogen and oxygen atoms in total. The number of nitrogens with zero attached hydrogens (tertiary/aromatic N) is 2. The second-order valence-electron chi connectivity index (χ2n) is 5.83. The molecule has 1 aliphatic rings. The summed E-state index contributed by atoms with van der Waals surface area (Å²) in [5.41, 5.74) is 1.55. The van der Waals surface area contributed by atoms with E-state index < -0.39 is 0 Å². The van der Waals surface area contributed by atoms with Crippen LogP contribution in [0.3, 0.4) is 0 Å². The third kappa shape index (κ3) is 4.51. The second-order valence-corrected chi connectivity index (χ2v) is 6.26. The molecule has 0 radical (unpaired) electrons.